The summed E-state index contributed by atoms with van der Waals surface area (Å²) in [6.45, 7) is 4.73. The zero-order valence-electron chi connectivity index (χ0n) is 21.8. The van der Waals surface area contributed by atoms with Crippen LogP contribution in [-0.4, -0.2) is 47.1 Å². The third kappa shape index (κ3) is 7.49. The summed E-state index contributed by atoms with van der Waals surface area (Å²) >= 11 is 0. The van der Waals surface area contributed by atoms with E-state index in [1.54, 1.807) is 44.2 Å². The molecule has 1 fully saturated rings. The smallest absolute Gasteiger partial charge is 0.248 e. The van der Waals surface area contributed by atoms with Gasteiger partial charge >= 0.3 is 0 Å². The van der Waals surface area contributed by atoms with E-state index in [1.807, 2.05) is 29.2 Å². The molecule has 5 N–H and O–H groups in total. The van der Waals surface area contributed by atoms with Crippen molar-refractivity contribution in [1.29, 1.82) is 0 Å². The first-order valence-electron chi connectivity index (χ1n) is 12.6. The van der Waals surface area contributed by atoms with Crippen LogP contribution in [0.25, 0.3) is 6.08 Å². The van der Waals surface area contributed by atoms with Crippen molar-refractivity contribution >= 4 is 35.0 Å². The van der Waals surface area contributed by atoms with Gasteiger partial charge in [0.05, 0.1) is 22.9 Å². The highest BCUT2D eigenvalue weighted by Gasteiger charge is 2.39. The highest BCUT2D eigenvalue weighted by molar-refractivity contribution is 6.03. The van der Waals surface area contributed by atoms with Crippen molar-refractivity contribution in [3.8, 4) is 0 Å². The summed E-state index contributed by atoms with van der Waals surface area (Å²) in [7, 11) is 0. The van der Waals surface area contributed by atoms with Crippen LogP contribution in [0, 0.1) is 17.6 Å². The molecule has 0 aromatic heterocycles. The summed E-state index contributed by atoms with van der Waals surface area (Å²) in [5, 5.41) is 15.8. The van der Waals surface area contributed by atoms with Gasteiger partial charge in [-0.25, -0.2) is 8.78 Å². The number of rotatable bonds is 8. The molecule has 3 aromatic rings. The monoisotopic (exact) mass is 534 g/mol. The van der Waals surface area contributed by atoms with E-state index in [4.69, 9.17) is 5.73 Å². The molecule has 0 radical (unpaired) electrons. The minimum Gasteiger partial charge on any atom is -0.397 e. The van der Waals surface area contributed by atoms with Crippen molar-refractivity contribution in [2.75, 3.05) is 36.0 Å². The number of amides is 2. The number of anilines is 3. The number of nitrogens with one attached hydrogen (secondary N) is 2. The summed E-state index contributed by atoms with van der Waals surface area (Å²) < 4.78 is 27.0. The number of nitrogens with zero attached hydrogens (tertiary/aromatic N) is 1. The van der Waals surface area contributed by atoms with E-state index in [2.05, 4.69) is 10.6 Å². The topological polar surface area (TPSA) is 108 Å². The molecule has 9 heteroatoms. The van der Waals surface area contributed by atoms with Crippen LogP contribution in [-0.2, 0) is 9.59 Å². The van der Waals surface area contributed by atoms with Gasteiger partial charge in [-0.3, -0.25) is 14.5 Å². The van der Waals surface area contributed by atoms with E-state index in [9.17, 15) is 23.5 Å². The summed E-state index contributed by atoms with van der Waals surface area (Å²) in [4.78, 5) is 27.6. The molecule has 1 heterocycles. The lowest BCUT2D eigenvalue weighted by molar-refractivity contribution is -0.120. The van der Waals surface area contributed by atoms with Crippen LogP contribution in [0.5, 0.6) is 0 Å². The van der Waals surface area contributed by atoms with Gasteiger partial charge in [0.1, 0.15) is 0 Å². The van der Waals surface area contributed by atoms with Crippen LogP contribution in [0.3, 0.4) is 0 Å². The van der Waals surface area contributed by atoms with E-state index >= 15 is 0 Å². The van der Waals surface area contributed by atoms with Crippen molar-refractivity contribution < 1.29 is 23.5 Å². The standard InChI is InChI=1S/C30H32F2N4O3/c1-30(2,39)18-36-16-22(23(17-36)29(38)34-21-12-13-24(31)25(32)15-21)20-10-7-19(8-11-20)9-14-28(37)35-27-6-4-3-5-26(27)33/h3-15,22-23,39H,16-18,33H2,1-2H3,(H,34,38)(H,35,37)/b14-9+. The predicted octanol–water partition coefficient (Wildman–Crippen LogP) is 4.62. The lowest BCUT2D eigenvalue weighted by Crippen LogP contribution is -2.38. The molecule has 0 spiro atoms. The van der Waals surface area contributed by atoms with Gasteiger partial charge in [-0.05, 0) is 55.3 Å². The molecule has 7 nitrogen and oxygen atoms in total. The number of aliphatic hydroxyl groups is 1. The Bertz CT molecular complexity index is 1370. The Morgan fingerprint density at radius 3 is 2.41 bits per heavy atom. The van der Waals surface area contributed by atoms with Gasteiger partial charge in [0.15, 0.2) is 11.6 Å². The fourth-order valence-electron chi connectivity index (χ4n) is 4.79. The zero-order chi connectivity index (χ0) is 28.2. The highest BCUT2D eigenvalue weighted by Crippen LogP contribution is 2.35. The second-order valence-corrected chi connectivity index (χ2v) is 10.4. The molecular formula is C30H32F2N4O3. The van der Waals surface area contributed by atoms with Crippen molar-refractivity contribution in [3.63, 3.8) is 0 Å². The van der Waals surface area contributed by atoms with Gasteiger partial charge in [-0.2, -0.15) is 0 Å². The Balaban J connectivity index is 1.48. The molecule has 2 atom stereocenters. The van der Waals surface area contributed by atoms with Gasteiger partial charge < -0.3 is 21.5 Å². The Hall–Kier alpha value is -4.08. The van der Waals surface area contributed by atoms with E-state index in [1.165, 1.54) is 12.1 Å². The molecule has 1 aliphatic rings. The zero-order valence-corrected chi connectivity index (χ0v) is 21.8. The van der Waals surface area contributed by atoms with Crippen molar-refractivity contribution in [1.82, 2.24) is 4.90 Å². The van der Waals surface area contributed by atoms with Crippen LogP contribution in [0.1, 0.15) is 30.9 Å². The first-order valence-corrected chi connectivity index (χ1v) is 12.6. The van der Waals surface area contributed by atoms with E-state index in [-0.39, 0.29) is 23.4 Å². The number of carbonyl (C=O) groups excluding carboxylic acids is 2. The molecule has 0 aliphatic carbocycles. The van der Waals surface area contributed by atoms with Gasteiger partial charge in [-0.1, -0.05) is 36.4 Å². The van der Waals surface area contributed by atoms with E-state index in [0.717, 1.165) is 23.3 Å². The van der Waals surface area contributed by atoms with Gasteiger partial charge in [-0.15, -0.1) is 0 Å². The number of nitrogens with two attached hydrogens (primary N) is 1. The van der Waals surface area contributed by atoms with Crippen molar-refractivity contribution in [3.05, 3.63) is 95.6 Å². The molecule has 204 valence electrons. The number of β-amino-alcohol motifs (C(OH)–C–C–N with tert-alkyl or cyclic N) is 1. The largest absolute Gasteiger partial charge is 0.397 e. The summed E-state index contributed by atoms with van der Waals surface area (Å²) in [5.74, 6) is -3.33. The highest BCUT2D eigenvalue weighted by atomic mass is 19.2. The quantitative estimate of drug-likeness (QED) is 0.249. The van der Waals surface area contributed by atoms with Gasteiger partial charge in [0.25, 0.3) is 0 Å². The first-order chi connectivity index (χ1) is 18.5. The second kappa shape index (κ2) is 11.8. The molecule has 3 aromatic carbocycles. The Morgan fingerprint density at radius 2 is 1.74 bits per heavy atom. The number of para-hydroxylation sites is 2. The number of likely N-dealkylation sites (tertiary alicyclic amines) is 1. The van der Waals surface area contributed by atoms with Crippen LogP contribution >= 0.6 is 0 Å². The maximum atomic E-state index is 13.7. The van der Waals surface area contributed by atoms with Gasteiger partial charge in [0.2, 0.25) is 11.8 Å². The average Bonchev–Trinajstić information content (AvgIpc) is 3.29. The first kappa shape index (κ1) is 27.9. The Kier molecular flexibility index (Phi) is 8.42. The summed E-state index contributed by atoms with van der Waals surface area (Å²) in [6.07, 6.45) is 3.10. The SMILES string of the molecule is CC(C)(O)CN1CC(C(=O)Nc2ccc(F)c(F)c2)C(c2ccc(/C=C/C(=O)Nc3ccccc3N)cc2)C1. The molecule has 2 unspecified atom stereocenters. The Morgan fingerprint density at radius 1 is 1.03 bits per heavy atom. The molecular weight excluding hydrogens is 502 g/mol. The molecule has 2 amide bonds. The lowest BCUT2D eigenvalue weighted by Gasteiger charge is -2.25. The second-order valence-electron chi connectivity index (χ2n) is 10.4. The van der Waals surface area contributed by atoms with E-state index in [0.29, 0.717) is 31.0 Å². The maximum Gasteiger partial charge on any atom is 0.248 e. The third-order valence-electron chi connectivity index (χ3n) is 6.54. The number of benzene rings is 3. The minimum absolute atomic E-state index is 0.176. The van der Waals surface area contributed by atoms with Crippen LogP contribution in [0.15, 0.2) is 72.8 Å². The van der Waals surface area contributed by atoms with E-state index < -0.39 is 23.2 Å². The summed E-state index contributed by atoms with van der Waals surface area (Å²) in [6, 6.07) is 17.8. The number of carbonyl (C=O) groups is 2. The van der Waals surface area contributed by atoms with Crippen LogP contribution in [0.4, 0.5) is 25.8 Å². The normalized spacial score (nSPS) is 17.9. The Labute approximate surface area is 226 Å². The third-order valence-corrected chi connectivity index (χ3v) is 6.54. The number of nitrogen functional groups attached to an aromatic ring is 1. The fourth-order valence-corrected chi connectivity index (χ4v) is 4.79. The van der Waals surface area contributed by atoms with Crippen LogP contribution < -0.4 is 16.4 Å². The number of halogens is 2. The molecule has 0 bridgehead atoms. The summed E-state index contributed by atoms with van der Waals surface area (Å²) in [5.41, 5.74) is 7.81. The number of hydrogen-bond donors (Lipinski definition) is 4. The maximum absolute atomic E-state index is 13.7. The molecule has 1 saturated heterocycles. The minimum atomic E-state index is -1.04. The van der Waals surface area contributed by atoms with Crippen molar-refractivity contribution in [2.24, 2.45) is 5.92 Å². The predicted molar refractivity (Wildman–Crippen MR) is 149 cm³/mol. The molecule has 39 heavy (non-hydrogen) atoms. The van der Waals surface area contributed by atoms with Crippen molar-refractivity contribution in [2.45, 2.75) is 25.4 Å². The molecule has 4 rings (SSSR count). The number of hydrogen-bond acceptors (Lipinski definition) is 5. The molecule has 1 aliphatic heterocycles. The average molecular weight is 535 g/mol. The van der Waals surface area contributed by atoms with Crippen LogP contribution in [0.2, 0.25) is 0 Å². The van der Waals surface area contributed by atoms with Gasteiger partial charge in [0, 0.05) is 43.4 Å². The molecule has 0 saturated carbocycles. The fraction of sp³-hybridized carbons (Fsp3) is 0.267. The lowest BCUT2D eigenvalue weighted by atomic mass is 9.88.